The molecule has 2 aliphatic rings. The number of nitrogens with one attached hydrogen (secondary N) is 2. The number of carbonyl (C=O) groups excluding carboxylic acids is 1. The molecule has 0 spiro atoms. The van der Waals surface area contributed by atoms with Crippen LogP contribution in [-0.2, 0) is 6.42 Å². The minimum absolute atomic E-state index is 0.0669. The molecule has 0 aromatic carbocycles. The third-order valence-corrected chi connectivity index (χ3v) is 6.09. The van der Waals surface area contributed by atoms with Crippen molar-refractivity contribution in [3.05, 3.63) is 33.3 Å². The van der Waals surface area contributed by atoms with Gasteiger partial charge in [-0.1, -0.05) is 0 Å². The van der Waals surface area contributed by atoms with Gasteiger partial charge in [-0.05, 0) is 41.5 Å². The summed E-state index contributed by atoms with van der Waals surface area (Å²) >= 11 is 2.18. The van der Waals surface area contributed by atoms with E-state index in [0.29, 0.717) is 24.4 Å². The Hall–Kier alpha value is -2.30. The average Bonchev–Trinajstić information content (AvgIpc) is 3.26. The summed E-state index contributed by atoms with van der Waals surface area (Å²) < 4.78 is 6.83. The fourth-order valence-electron chi connectivity index (χ4n) is 3.67. The van der Waals surface area contributed by atoms with Crippen LogP contribution in [0.2, 0.25) is 0 Å². The van der Waals surface area contributed by atoms with Crippen LogP contribution in [0.1, 0.15) is 28.9 Å². The summed E-state index contributed by atoms with van der Waals surface area (Å²) in [6, 6.07) is 1.69. The maximum absolute atomic E-state index is 12.2. The first-order valence-electron chi connectivity index (χ1n) is 8.81. The molecule has 27 heavy (non-hydrogen) atoms. The molecule has 142 valence electrons. The van der Waals surface area contributed by atoms with Crippen molar-refractivity contribution in [2.75, 3.05) is 19.7 Å². The predicted octanol–water partition coefficient (Wildman–Crippen LogP) is 2.49. The maximum Gasteiger partial charge on any atom is 0.407 e. The van der Waals surface area contributed by atoms with E-state index < -0.39 is 6.09 Å². The highest BCUT2D eigenvalue weighted by Gasteiger charge is 2.30. The van der Waals surface area contributed by atoms with Crippen molar-refractivity contribution in [3.8, 4) is 17.0 Å². The second-order valence-electron chi connectivity index (χ2n) is 6.63. The molecule has 2 aliphatic heterocycles. The zero-order valence-electron chi connectivity index (χ0n) is 14.5. The van der Waals surface area contributed by atoms with E-state index in [1.54, 1.807) is 12.4 Å². The molecule has 8 nitrogen and oxygen atoms in total. The number of rotatable bonds is 4. The third-order valence-electron chi connectivity index (χ3n) is 5.01. The number of carboxylic acid groups (broad SMARTS) is 1. The van der Waals surface area contributed by atoms with Gasteiger partial charge in [0.2, 0.25) is 0 Å². The summed E-state index contributed by atoms with van der Waals surface area (Å²) in [6.45, 7) is 1.44. The van der Waals surface area contributed by atoms with E-state index in [2.05, 4.69) is 37.9 Å². The predicted molar refractivity (Wildman–Crippen MR) is 106 cm³/mol. The fourth-order valence-corrected chi connectivity index (χ4v) is 4.67. The van der Waals surface area contributed by atoms with Crippen LogP contribution in [-0.4, -0.2) is 57.7 Å². The number of aromatic nitrogens is 2. The first kappa shape index (κ1) is 18.1. The van der Waals surface area contributed by atoms with E-state index in [1.165, 1.54) is 4.90 Å². The van der Waals surface area contributed by atoms with Crippen molar-refractivity contribution in [2.45, 2.75) is 25.3 Å². The van der Waals surface area contributed by atoms with E-state index in [4.69, 9.17) is 4.74 Å². The zero-order chi connectivity index (χ0) is 19.0. The molecule has 1 atom stereocenters. The molecule has 2 aromatic rings. The third kappa shape index (κ3) is 3.35. The minimum Gasteiger partial charge on any atom is -0.489 e. The number of hydrogen-bond donors (Lipinski definition) is 3. The number of hydrogen-bond acceptors (Lipinski definition) is 4. The van der Waals surface area contributed by atoms with Gasteiger partial charge in [0.1, 0.15) is 12.4 Å². The molecule has 0 aliphatic carbocycles. The normalized spacial score (nSPS) is 18.9. The first-order chi connectivity index (χ1) is 13.1. The molecule has 1 saturated heterocycles. The van der Waals surface area contributed by atoms with Gasteiger partial charge in [-0.2, -0.15) is 0 Å². The van der Waals surface area contributed by atoms with Crippen LogP contribution in [0.3, 0.4) is 0 Å². The summed E-state index contributed by atoms with van der Waals surface area (Å²) in [5, 5.41) is 12.2. The standard InChI is InChI=1S/C18H19IN4O4/c19-15-14-12(4-6-21-17(14)24)22-16(15)11-3-5-20-8-13(11)27-9-10-2-1-7-23(10)18(25)26/h3,5,8,10,22H,1-2,4,6-7,9H2,(H,21,24)(H,25,26)/t10-/m0/s1. The van der Waals surface area contributed by atoms with E-state index >= 15 is 0 Å². The fraction of sp³-hybridized carbons (Fsp3) is 0.389. The number of aromatic amines is 1. The van der Waals surface area contributed by atoms with Crippen LogP contribution < -0.4 is 10.1 Å². The number of carbonyl (C=O) groups is 2. The Morgan fingerprint density at radius 3 is 3.11 bits per heavy atom. The van der Waals surface area contributed by atoms with Gasteiger partial charge in [0.25, 0.3) is 5.91 Å². The van der Waals surface area contributed by atoms with Crippen molar-refractivity contribution in [3.63, 3.8) is 0 Å². The van der Waals surface area contributed by atoms with Crippen LogP contribution in [0.4, 0.5) is 4.79 Å². The Labute approximate surface area is 169 Å². The summed E-state index contributed by atoms with van der Waals surface area (Å²) in [7, 11) is 0. The van der Waals surface area contributed by atoms with Crippen molar-refractivity contribution in [1.82, 2.24) is 20.2 Å². The summed E-state index contributed by atoms with van der Waals surface area (Å²) in [4.78, 5) is 32.4. The Bertz CT molecular complexity index is 897. The number of pyridine rings is 1. The molecule has 4 heterocycles. The molecule has 0 radical (unpaired) electrons. The van der Waals surface area contributed by atoms with Gasteiger partial charge in [-0.3, -0.25) is 9.78 Å². The molecule has 1 fully saturated rings. The van der Waals surface area contributed by atoms with Gasteiger partial charge in [-0.15, -0.1) is 0 Å². The molecule has 0 unspecified atom stereocenters. The molecule has 4 rings (SSSR count). The van der Waals surface area contributed by atoms with Crippen molar-refractivity contribution in [2.24, 2.45) is 0 Å². The van der Waals surface area contributed by atoms with Crippen molar-refractivity contribution in [1.29, 1.82) is 0 Å². The monoisotopic (exact) mass is 482 g/mol. The van der Waals surface area contributed by atoms with Crippen LogP contribution >= 0.6 is 22.6 Å². The molecule has 2 amide bonds. The van der Waals surface area contributed by atoms with Gasteiger partial charge in [0.15, 0.2) is 0 Å². The summed E-state index contributed by atoms with van der Waals surface area (Å²) in [6.07, 6.45) is 4.79. The number of fused-ring (bicyclic) bond motifs is 1. The van der Waals surface area contributed by atoms with Gasteiger partial charge < -0.3 is 25.0 Å². The number of halogens is 1. The first-order valence-corrected chi connectivity index (χ1v) is 9.89. The Morgan fingerprint density at radius 1 is 1.48 bits per heavy atom. The number of likely N-dealkylation sites (tertiary alicyclic amines) is 1. The lowest BCUT2D eigenvalue weighted by atomic mass is 10.1. The van der Waals surface area contributed by atoms with Crippen LogP contribution in [0.5, 0.6) is 5.75 Å². The van der Waals surface area contributed by atoms with Crippen LogP contribution in [0, 0.1) is 3.57 Å². The molecule has 3 N–H and O–H groups in total. The Kier molecular flexibility index (Phi) is 4.94. The molecule has 0 bridgehead atoms. The molecular formula is C18H19IN4O4. The van der Waals surface area contributed by atoms with Gasteiger partial charge >= 0.3 is 6.09 Å². The molecule has 0 saturated carbocycles. The minimum atomic E-state index is -0.912. The number of ether oxygens (including phenoxy) is 1. The van der Waals surface area contributed by atoms with Gasteiger partial charge in [0, 0.05) is 37.0 Å². The SMILES string of the molecule is O=C1NCCc2[nH]c(-c3ccncc3OC[C@@H]3CCCN3C(=O)O)c(I)c21. The smallest absolute Gasteiger partial charge is 0.407 e. The van der Waals surface area contributed by atoms with E-state index in [0.717, 1.165) is 39.8 Å². The van der Waals surface area contributed by atoms with Crippen LogP contribution in [0.25, 0.3) is 11.3 Å². The molecule has 9 heteroatoms. The van der Waals surface area contributed by atoms with Crippen molar-refractivity contribution >= 4 is 34.6 Å². The van der Waals surface area contributed by atoms with Crippen LogP contribution in [0.15, 0.2) is 18.5 Å². The number of nitrogens with zero attached hydrogens (tertiary/aromatic N) is 2. The average molecular weight is 482 g/mol. The number of amides is 2. The van der Waals surface area contributed by atoms with E-state index in [-0.39, 0.29) is 18.6 Å². The second-order valence-corrected chi connectivity index (χ2v) is 7.71. The second kappa shape index (κ2) is 7.37. The Morgan fingerprint density at radius 2 is 2.33 bits per heavy atom. The van der Waals surface area contributed by atoms with E-state index in [1.807, 2.05) is 6.07 Å². The maximum atomic E-state index is 12.2. The highest BCUT2D eigenvalue weighted by atomic mass is 127. The van der Waals surface area contributed by atoms with E-state index in [9.17, 15) is 14.7 Å². The lowest BCUT2D eigenvalue weighted by Crippen LogP contribution is -2.38. The Balaban J connectivity index is 1.61. The quantitative estimate of drug-likeness (QED) is 0.581. The lowest BCUT2D eigenvalue weighted by molar-refractivity contribution is 0.0945. The summed E-state index contributed by atoms with van der Waals surface area (Å²) in [5.74, 6) is 0.509. The molecular weight excluding hydrogens is 463 g/mol. The zero-order valence-corrected chi connectivity index (χ0v) is 16.7. The highest BCUT2D eigenvalue weighted by molar-refractivity contribution is 14.1. The topological polar surface area (TPSA) is 108 Å². The van der Waals surface area contributed by atoms with Gasteiger partial charge in [0.05, 0.1) is 27.1 Å². The highest BCUT2D eigenvalue weighted by Crippen LogP contribution is 2.36. The van der Waals surface area contributed by atoms with Crippen molar-refractivity contribution < 1.29 is 19.4 Å². The van der Waals surface area contributed by atoms with Gasteiger partial charge in [-0.25, -0.2) is 4.79 Å². The largest absolute Gasteiger partial charge is 0.489 e. The lowest BCUT2D eigenvalue weighted by Gasteiger charge is -2.22. The molecule has 2 aromatic heterocycles. The summed E-state index contributed by atoms with van der Waals surface area (Å²) in [5.41, 5.74) is 3.26. The number of H-pyrrole nitrogens is 1.